The third-order valence-corrected chi connectivity index (χ3v) is 4.08. The highest BCUT2D eigenvalue weighted by atomic mass is 32.2. The number of hydrogen-bond donors (Lipinski definition) is 1. The smallest absolute Gasteiger partial charge is 0.308 e. The Morgan fingerprint density at radius 2 is 2.55 bits per heavy atom. The normalized spacial score (nSPS) is 45.5. The van der Waals surface area contributed by atoms with Crippen LogP contribution in [0.5, 0.6) is 0 Å². The molecule has 0 aromatic carbocycles. The molecule has 3 atom stereocenters. The van der Waals surface area contributed by atoms with Crippen LogP contribution in [-0.4, -0.2) is 16.3 Å². The molecule has 11 heavy (non-hydrogen) atoms. The molecule has 2 rings (SSSR count). The molecular formula is C8H10O2S. The highest BCUT2D eigenvalue weighted by molar-refractivity contribution is 8.03. The Balaban J connectivity index is 2.22. The second-order valence-corrected chi connectivity index (χ2v) is 4.19. The maximum Gasteiger partial charge on any atom is 0.308 e. The Kier molecular flexibility index (Phi) is 1.34. The molecule has 3 heteroatoms. The predicted octanol–water partition coefficient (Wildman–Crippen LogP) is 1.73. The number of rotatable bonds is 2. The summed E-state index contributed by atoms with van der Waals surface area (Å²) in [6, 6.07) is 0. The van der Waals surface area contributed by atoms with E-state index in [2.05, 4.69) is 13.0 Å². The first-order valence-corrected chi connectivity index (χ1v) is 4.72. The second kappa shape index (κ2) is 2.03. The Labute approximate surface area is 69.7 Å². The van der Waals surface area contributed by atoms with Gasteiger partial charge in [-0.2, -0.15) is 0 Å². The average Bonchev–Trinajstić information content (AvgIpc) is 2.44. The topological polar surface area (TPSA) is 37.3 Å². The first kappa shape index (κ1) is 7.22. The van der Waals surface area contributed by atoms with Crippen molar-refractivity contribution in [2.24, 2.45) is 11.3 Å². The number of carboxylic acids is 1. The van der Waals surface area contributed by atoms with Crippen LogP contribution in [0.4, 0.5) is 0 Å². The van der Waals surface area contributed by atoms with Gasteiger partial charge in [-0.15, -0.1) is 11.8 Å². The molecule has 2 nitrogen and oxygen atoms in total. The molecule has 0 aromatic rings. The van der Waals surface area contributed by atoms with Crippen LogP contribution in [0.1, 0.15) is 13.3 Å². The molecule has 0 spiro atoms. The van der Waals surface area contributed by atoms with Gasteiger partial charge in [0.1, 0.15) is 0 Å². The van der Waals surface area contributed by atoms with E-state index in [0.717, 1.165) is 6.42 Å². The molecule has 2 aliphatic rings. The van der Waals surface area contributed by atoms with Crippen LogP contribution in [-0.2, 0) is 4.79 Å². The number of fused-ring (bicyclic) bond motifs is 1. The van der Waals surface area contributed by atoms with Crippen molar-refractivity contribution in [2.45, 2.75) is 18.6 Å². The summed E-state index contributed by atoms with van der Waals surface area (Å²) in [5.74, 6) is -0.740. The van der Waals surface area contributed by atoms with E-state index in [1.807, 2.05) is 5.41 Å². The van der Waals surface area contributed by atoms with Crippen LogP contribution < -0.4 is 0 Å². The molecule has 1 aliphatic heterocycles. The first-order valence-electron chi connectivity index (χ1n) is 3.78. The highest BCUT2D eigenvalue weighted by Gasteiger charge is 2.67. The molecule has 1 heterocycles. The van der Waals surface area contributed by atoms with E-state index < -0.39 is 5.97 Å². The zero-order valence-corrected chi connectivity index (χ0v) is 7.10. The highest BCUT2D eigenvalue weighted by Crippen LogP contribution is 2.66. The third-order valence-electron chi connectivity index (χ3n) is 2.78. The van der Waals surface area contributed by atoms with Crippen molar-refractivity contribution in [2.75, 3.05) is 0 Å². The van der Waals surface area contributed by atoms with E-state index in [1.54, 1.807) is 11.8 Å². The zero-order valence-electron chi connectivity index (χ0n) is 6.28. The maximum absolute atomic E-state index is 10.7. The van der Waals surface area contributed by atoms with Crippen LogP contribution in [0.25, 0.3) is 0 Å². The summed E-state index contributed by atoms with van der Waals surface area (Å²) in [4.78, 5) is 10.7. The van der Waals surface area contributed by atoms with Crippen molar-refractivity contribution in [3.05, 3.63) is 11.5 Å². The van der Waals surface area contributed by atoms with E-state index in [-0.39, 0.29) is 11.3 Å². The minimum absolute atomic E-state index is 0.0243. The van der Waals surface area contributed by atoms with Gasteiger partial charge in [0.15, 0.2) is 0 Å². The molecule has 1 fully saturated rings. The fraction of sp³-hybridized carbons (Fsp3) is 0.625. The van der Waals surface area contributed by atoms with E-state index in [1.165, 1.54) is 0 Å². The van der Waals surface area contributed by atoms with Crippen molar-refractivity contribution in [3.63, 3.8) is 0 Å². The monoisotopic (exact) mass is 170 g/mol. The van der Waals surface area contributed by atoms with Gasteiger partial charge in [0, 0.05) is 10.7 Å². The van der Waals surface area contributed by atoms with Crippen molar-refractivity contribution in [1.29, 1.82) is 0 Å². The van der Waals surface area contributed by atoms with E-state index in [0.29, 0.717) is 5.25 Å². The fourth-order valence-electron chi connectivity index (χ4n) is 1.98. The first-order chi connectivity index (χ1) is 5.22. The Bertz CT molecular complexity index is 236. The third kappa shape index (κ3) is 0.719. The predicted molar refractivity (Wildman–Crippen MR) is 44.4 cm³/mol. The zero-order chi connectivity index (χ0) is 8.06. The van der Waals surface area contributed by atoms with Crippen molar-refractivity contribution >= 4 is 17.7 Å². The quantitative estimate of drug-likeness (QED) is 0.685. The molecule has 60 valence electrons. The van der Waals surface area contributed by atoms with Gasteiger partial charge >= 0.3 is 5.97 Å². The Morgan fingerprint density at radius 3 is 2.91 bits per heavy atom. The SMILES string of the molecule is CCC12C=CSC1[C@@H]2C(=O)O. The van der Waals surface area contributed by atoms with Gasteiger partial charge in [-0.1, -0.05) is 13.0 Å². The average molecular weight is 170 g/mol. The standard InChI is InChI=1S/C8H10O2S/c1-2-8-3-4-11-6(8)5(8)7(9)10/h3-6H,2H2,1H3,(H,9,10)/t5-,6?,8?/m1/s1. The summed E-state index contributed by atoms with van der Waals surface area (Å²) in [6.45, 7) is 2.06. The van der Waals surface area contributed by atoms with Crippen LogP contribution in [0.3, 0.4) is 0 Å². The van der Waals surface area contributed by atoms with Gasteiger partial charge in [0.25, 0.3) is 0 Å². The molecular weight excluding hydrogens is 160 g/mol. The van der Waals surface area contributed by atoms with Gasteiger partial charge < -0.3 is 5.11 Å². The summed E-state index contributed by atoms with van der Waals surface area (Å²) in [5.41, 5.74) is 0.0243. The number of thioether (sulfide) groups is 1. The molecule has 1 aliphatic carbocycles. The molecule has 0 aromatic heterocycles. The number of aliphatic carboxylic acids is 1. The molecule has 1 saturated carbocycles. The molecule has 0 radical (unpaired) electrons. The molecule has 2 unspecified atom stereocenters. The van der Waals surface area contributed by atoms with Crippen molar-refractivity contribution in [1.82, 2.24) is 0 Å². The lowest BCUT2D eigenvalue weighted by molar-refractivity contribution is -0.139. The van der Waals surface area contributed by atoms with Crippen molar-refractivity contribution in [3.8, 4) is 0 Å². The number of carboxylic acid groups (broad SMARTS) is 1. The number of allylic oxidation sites excluding steroid dienone is 1. The van der Waals surface area contributed by atoms with Crippen LogP contribution in [0.15, 0.2) is 11.5 Å². The summed E-state index contributed by atoms with van der Waals surface area (Å²) in [7, 11) is 0. The minimum Gasteiger partial charge on any atom is -0.481 e. The summed E-state index contributed by atoms with van der Waals surface area (Å²) >= 11 is 1.67. The second-order valence-electron chi connectivity index (χ2n) is 3.14. The molecule has 0 amide bonds. The summed E-state index contributed by atoms with van der Waals surface area (Å²) in [6.07, 6.45) is 3.03. The van der Waals surface area contributed by atoms with Crippen molar-refractivity contribution < 1.29 is 9.90 Å². The van der Waals surface area contributed by atoms with Gasteiger partial charge in [0.05, 0.1) is 5.92 Å². The van der Waals surface area contributed by atoms with Crippen LogP contribution in [0, 0.1) is 11.3 Å². The number of hydrogen-bond acceptors (Lipinski definition) is 2. The van der Waals surface area contributed by atoms with Gasteiger partial charge in [0.2, 0.25) is 0 Å². The number of carbonyl (C=O) groups is 1. The van der Waals surface area contributed by atoms with Gasteiger partial charge in [-0.3, -0.25) is 4.79 Å². The van der Waals surface area contributed by atoms with E-state index >= 15 is 0 Å². The maximum atomic E-state index is 10.7. The lowest BCUT2D eigenvalue weighted by Gasteiger charge is -2.03. The van der Waals surface area contributed by atoms with Gasteiger partial charge in [-0.05, 0) is 11.8 Å². The van der Waals surface area contributed by atoms with Crippen LogP contribution in [0.2, 0.25) is 0 Å². The van der Waals surface area contributed by atoms with Crippen LogP contribution >= 0.6 is 11.8 Å². The lowest BCUT2D eigenvalue weighted by Crippen LogP contribution is -2.06. The Morgan fingerprint density at radius 1 is 1.82 bits per heavy atom. The lowest BCUT2D eigenvalue weighted by atomic mass is 10.0. The van der Waals surface area contributed by atoms with E-state index in [9.17, 15) is 4.79 Å². The molecule has 0 saturated heterocycles. The van der Waals surface area contributed by atoms with Gasteiger partial charge in [-0.25, -0.2) is 0 Å². The molecule has 0 bridgehead atoms. The minimum atomic E-state index is -0.631. The fourth-order valence-corrected chi connectivity index (χ4v) is 3.57. The van der Waals surface area contributed by atoms with E-state index in [4.69, 9.17) is 5.11 Å². The summed E-state index contributed by atoms with van der Waals surface area (Å²) in [5, 5.41) is 11.2. The molecule has 1 N–H and O–H groups in total. The largest absolute Gasteiger partial charge is 0.481 e. The Hall–Kier alpha value is -0.440. The summed E-state index contributed by atoms with van der Waals surface area (Å²) < 4.78 is 0.